The Bertz CT molecular complexity index is 1010. The van der Waals surface area contributed by atoms with Gasteiger partial charge in [-0.15, -0.1) is 10.2 Å². The van der Waals surface area contributed by atoms with Gasteiger partial charge in [-0.1, -0.05) is 31.7 Å². The zero-order valence-corrected chi connectivity index (χ0v) is 16.5. The number of benzene rings is 1. The Labute approximate surface area is 161 Å². The average Bonchev–Trinajstić information content (AvgIpc) is 2.91. The number of aromatic hydroxyl groups is 1. The van der Waals surface area contributed by atoms with Crippen molar-refractivity contribution in [2.75, 3.05) is 5.75 Å². The third-order valence-electron chi connectivity index (χ3n) is 3.99. The minimum absolute atomic E-state index is 0.0761. The highest BCUT2D eigenvalue weighted by Gasteiger charge is 2.13. The lowest BCUT2D eigenvalue weighted by molar-refractivity contribution is -0.115. The third kappa shape index (κ3) is 4.51. The van der Waals surface area contributed by atoms with Crippen LogP contribution in [0.5, 0.6) is 5.88 Å². The van der Waals surface area contributed by atoms with Crippen LogP contribution in [0.3, 0.4) is 0 Å². The van der Waals surface area contributed by atoms with Crippen molar-refractivity contribution in [2.45, 2.75) is 38.8 Å². The molecule has 0 aliphatic carbocycles. The highest BCUT2D eigenvalue weighted by atomic mass is 32.2. The number of carbonyl (C=O) groups is 1. The maximum absolute atomic E-state index is 12.1. The van der Waals surface area contributed by atoms with Gasteiger partial charge in [0.1, 0.15) is 0 Å². The molecule has 8 heteroatoms. The summed E-state index contributed by atoms with van der Waals surface area (Å²) in [6.07, 6.45) is 0. The summed E-state index contributed by atoms with van der Waals surface area (Å²) in [5.74, 6) is -0.108. The van der Waals surface area contributed by atoms with Crippen LogP contribution in [0.2, 0.25) is 0 Å². The van der Waals surface area contributed by atoms with Gasteiger partial charge >= 0.3 is 0 Å². The number of hydrogen-bond acceptors (Lipinski definition) is 6. The number of rotatable bonds is 5. The fraction of sp³-hybridized carbons (Fsp3) is 0.316. The molecule has 2 N–H and O–H groups in total. The molecule has 0 spiro atoms. The van der Waals surface area contributed by atoms with Gasteiger partial charge in [-0.3, -0.25) is 4.79 Å². The second-order valence-corrected chi connectivity index (χ2v) is 7.54. The van der Waals surface area contributed by atoms with E-state index in [2.05, 4.69) is 39.0 Å². The lowest BCUT2D eigenvalue weighted by atomic mass is 10.0. The fourth-order valence-corrected chi connectivity index (χ4v) is 3.39. The highest BCUT2D eigenvalue weighted by Crippen LogP contribution is 2.37. The molecule has 0 saturated heterocycles. The van der Waals surface area contributed by atoms with Gasteiger partial charge in [0.05, 0.1) is 11.3 Å². The number of aryl methyl sites for hydroxylation is 2. The molecule has 140 valence electrons. The van der Waals surface area contributed by atoms with E-state index in [1.165, 1.54) is 11.8 Å². The fourth-order valence-electron chi connectivity index (χ4n) is 2.66. The van der Waals surface area contributed by atoms with Gasteiger partial charge in [-0.05, 0) is 43.5 Å². The van der Waals surface area contributed by atoms with Crippen LogP contribution < -0.4 is 0 Å². The minimum Gasteiger partial charge on any atom is -0.493 e. The molecule has 27 heavy (non-hydrogen) atoms. The Morgan fingerprint density at radius 1 is 1.22 bits per heavy atom. The second-order valence-electron chi connectivity index (χ2n) is 6.60. The van der Waals surface area contributed by atoms with Crippen molar-refractivity contribution in [3.05, 3.63) is 41.2 Å². The topological polar surface area (TPSA) is 104 Å². The molecule has 0 atom stereocenters. The van der Waals surface area contributed by atoms with Crippen LogP contribution in [0.4, 0.5) is 5.69 Å². The number of nitrogens with zero attached hydrogens (tertiary/aromatic N) is 4. The van der Waals surface area contributed by atoms with Crippen molar-refractivity contribution in [2.24, 2.45) is 10.2 Å². The molecule has 0 aliphatic rings. The van der Waals surface area contributed by atoms with Crippen molar-refractivity contribution in [3.63, 3.8) is 0 Å². The van der Waals surface area contributed by atoms with Crippen molar-refractivity contribution < 1.29 is 9.90 Å². The van der Waals surface area contributed by atoms with Gasteiger partial charge < -0.3 is 10.1 Å². The predicted molar refractivity (Wildman–Crippen MR) is 106 cm³/mol. The first-order valence-corrected chi connectivity index (χ1v) is 9.56. The summed E-state index contributed by atoms with van der Waals surface area (Å²) in [6, 6.07) is 7.71. The summed E-state index contributed by atoms with van der Waals surface area (Å²) in [5, 5.41) is 19.1. The summed E-state index contributed by atoms with van der Waals surface area (Å²) < 4.78 is 0. The van der Waals surface area contributed by atoms with E-state index in [0.717, 1.165) is 27.9 Å². The molecule has 1 aromatic carbocycles. The molecule has 0 saturated carbocycles. The summed E-state index contributed by atoms with van der Waals surface area (Å²) in [4.78, 5) is 23.5. The Hall–Kier alpha value is -2.74. The van der Waals surface area contributed by atoms with Crippen molar-refractivity contribution in [3.8, 4) is 5.88 Å². The van der Waals surface area contributed by atoms with Gasteiger partial charge in [0.25, 0.3) is 5.91 Å². The summed E-state index contributed by atoms with van der Waals surface area (Å²) in [7, 11) is 0. The van der Waals surface area contributed by atoms with E-state index in [0.29, 0.717) is 11.1 Å². The second kappa shape index (κ2) is 7.87. The van der Waals surface area contributed by atoms with E-state index in [4.69, 9.17) is 0 Å². The molecule has 1 amide bonds. The van der Waals surface area contributed by atoms with E-state index in [1.54, 1.807) is 0 Å². The molecule has 2 heterocycles. The first-order valence-electron chi connectivity index (χ1n) is 8.57. The molecule has 0 unspecified atom stereocenters. The Kier molecular flexibility index (Phi) is 5.55. The van der Waals surface area contributed by atoms with Crippen molar-refractivity contribution in [1.82, 2.24) is 15.0 Å². The van der Waals surface area contributed by atoms with E-state index in [1.807, 2.05) is 38.1 Å². The van der Waals surface area contributed by atoms with Crippen LogP contribution >= 0.6 is 11.8 Å². The Morgan fingerprint density at radius 2 is 1.93 bits per heavy atom. The van der Waals surface area contributed by atoms with Gasteiger partial charge in [0.15, 0.2) is 10.8 Å². The molecule has 2 aromatic heterocycles. The smallest absolute Gasteiger partial charge is 0.275 e. The van der Waals surface area contributed by atoms with E-state index < -0.39 is 5.91 Å². The van der Waals surface area contributed by atoms with Gasteiger partial charge in [-0.25, -0.2) is 9.97 Å². The average molecular weight is 383 g/mol. The number of amides is 1. The number of aromatic amines is 1. The number of aromatic nitrogens is 3. The summed E-state index contributed by atoms with van der Waals surface area (Å²) >= 11 is 1.21. The van der Waals surface area contributed by atoms with E-state index in [9.17, 15) is 9.90 Å². The number of azo groups is 1. The molecule has 3 rings (SSSR count). The molecular weight excluding hydrogens is 362 g/mol. The van der Waals surface area contributed by atoms with E-state index in [-0.39, 0.29) is 17.3 Å². The largest absolute Gasteiger partial charge is 0.493 e. The maximum atomic E-state index is 12.1. The van der Waals surface area contributed by atoms with Crippen LogP contribution in [0.15, 0.2) is 39.7 Å². The van der Waals surface area contributed by atoms with Crippen LogP contribution in [-0.2, 0) is 4.79 Å². The Balaban J connectivity index is 1.75. The molecule has 0 radical (unpaired) electrons. The van der Waals surface area contributed by atoms with E-state index >= 15 is 0 Å². The molecule has 0 bridgehead atoms. The van der Waals surface area contributed by atoms with Crippen LogP contribution in [0.1, 0.15) is 36.7 Å². The molecular formula is C19H21N5O2S. The predicted octanol–water partition coefficient (Wildman–Crippen LogP) is 4.81. The lowest BCUT2D eigenvalue weighted by Gasteiger charge is -2.04. The number of fused-ring (bicyclic) bond motifs is 1. The van der Waals surface area contributed by atoms with Crippen LogP contribution in [-0.4, -0.2) is 31.7 Å². The first kappa shape index (κ1) is 19.0. The lowest BCUT2D eigenvalue weighted by Crippen LogP contribution is -1.99. The molecule has 7 nitrogen and oxygen atoms in total. The zero-order chi connectivity index (χ0) is 19.6. The third-order valence-corrected chi connectivity index (χ3v) is 4.82. The van der Waals surface area contributed by atoms with Crippen LogP contribution in [0, 0.1) is 13.8 Å². The number of hydrogen-bond donors (Lipinski definition) is 2. The quantitative estimate of drug-likeness (QED) is 0.374. The number of thioether (sulfide) groups is 1. The molecule has 0 fully saturated rings. The minimum atomic E-state index is -0.420. The number of H-pyrrole nitrogens is 1. The van der Waals surface area contributed by atoms with Gasteiger partial charge in [0.2, 0.25) is 5.88 Å². The molecule has 3 aromatic rings. The first-order chi connectivity index (χ1) is 12.8. The van der Waals surface area contributed by atoms with Crippen molar-refractivity contribution >= 4 is 34.3 Å². The highest BCUT2D eigenvalue weighted by molar-refractivity contribution is 7.99. The normalized spacial score (nSPS) is 11.7. The monoisotopic (exact) mass is 383 g/mol. The standard InChI is InChI=1S/C19H21N5O2S/c1-10(2)13-5-6-15-14(8-13)17(18(26)22-15)24-23-16(25)9-27-19-20-11(3)7-12(4)21-19/h5-8,10,22,26H,9H2,1-4H3. The summed E-state index contributed by atoms with van der Waals surface area (Å²) in [5.41, 5.74) is 3.84. The number of nitrogens with one attached hydrogen (secondary N) is 1. The molecule has 0 aliphatic heterocycles. The van der Waals surface area contributed by atoms with Crippen molar-refractivity contribution in [1.29, 1.82) is 0 Å². The summed E-state index contributed by atoms with van der Waals surface area (Å²) in [6.45, 7) is 7.94. The maximum Gasteiger partial charge on any atom is 0.275 e. The van der Waals surface area contributed by atoms with Crippen LogP contribution in [0.25, 0.3) is 10.9 Å². The van der Waals surface area contributed by atoms with Gasteiger partial charge in [-0.2, -0.15) is 0 Å². The zero-order valence-electron chi connectivity index (χ0n) is 15.6. The Morgan fingerprint density at radius 3 is 2.59 bits per heavy atom. The van der Waals surface area contributed by atoms with Gasteiger partial charge in [0, 0.05) is 16.8 Å². The number of carbonyl (C=O) groups excluding carboxylic acids is 1. The SMILES string of the molecule is Cc1cc(C)nc(SCC(=O)N=Nc2c(O)[nH]c3ccc(C(C)C)cc23)n1.